The van der Waals surface area contributed by atoms with E-state index in [4.69, 9.17) is 5.73 Å². The van der Waals surface area contributed by atoms with Gasteiger partial charge in [0.1, 0.15) is 11.9 Å². The summed E-state index contributed by atoms with van der Waals surface area (Å²) in [5.41, 5.74) is 6.71. The molecular weight excluding hydrogens is 218 g/mol. The highest BCUT2D eigenvalue weighted by Gasteiger charge is 2.34. The van der Waals surface area contributed by atoms with Crippen molar-refractivity contribution in [3.8, 4) is 0 Å². The molecule has 0 spiro atoms. The van der Waals surface area contributed by atoms with Crippen LogP contribution in [0.2, 0.25) is 0 Å². The monoisotopic (exact) mass is 235 g/mol. The molecule has 2 N–H and O–H groups in total. The number of amides is 2. The largest absolute Gasteiger partial charge is 0.385 e. The van der Waals surface area contributed by atoms with Crippen molar-refractivity contribution in [1.82, 2.24) is 14.7 Å². The van der Waals surface area contributed by atoms with Gasteiger partial charge in [-0.05, 0) is 20.8 Å². The summed E-state index contributed by atoms with van der Waals surface area (Å²) >= 11 is 0. The number of aromatic nitrogens is 2. The molecule has 0 saturated carbocycles. The van der Waals surface area contributed by atoms with Gasteiger partial charge in [0.15, 0.2) is 0 Å². The van der Waals surface area contributed by atoms with E-state index in [-0.39, 0.29) is 18.1 Å². The number of nitrogens with zero attached hydrogens (tertiary/aromatic N) is 4. The highest BCUT2D eigenvalue weighted by atomic mass is 16.2. The number of amidine groups is 1. The van der Waals surface area contributed by atoms with Crippen molar-refractivity contribution in [1.29, 1.82) is 0 Å². The van der Waals surface area contributed by atoms with E-state index in [0.717, 1.165) is 5.56 Å². The molecule has 6 heteroatoms. The molecule has 0 fully saturated rings. The Kier molecular flexibility index (Phi) is 2.87. The smallest absolute Gasteiger partial charge is 0.346 e. The molecular formula is C11H17N5O. The third kappa shape index (κ3) is 1.90. The normalized spacial score (nSPS) is 20.2. The summed E-state index contributed by atoms with van der Waals surface area (Å²) in [6, 6.07) is -0.249. The van der Waals surface area contributed by atoms with Crippen molar-refractivity contribution in [2.75, 3.05) is 6.54 Å². The van der Waals surface area contributed by atoms with Crippen LogP contribution in [0.25, 0.3) is 0 Å². The van der Waals surface area contributed by atoms with Crippen LogP contribution in [0.3, 0.4) is 0 Å². The highest BCUT2D eigenvalue weighted by Crippen LogP contribution is 2.26. The molecule has 1 aliphatic heterocycles. The summed E-state index contributed by atoms with van der Waals surface area (Å²) in [5.74, 6) is 0.347. The van der Waals surface area contributed by atoms with E-state index >= 15 is 0 Å². The van der Waals surface area contributed by atoms with E-state index in [2.05, 4.69) is 10.1 Å². The molecule has 0 radical (unpaired) electrons. The first-order chi connectivity index (χ1) is 8.04. The van der Waals surface area contributed by atoms with E-state index < -0.39 is 0 Å². The second-order valence-corrected chi connectivity index (χ2v) is 4.36. The maximum Gasteiger partial charge on any atom is 0.346 e. The van der Waals surface area contributed by atoms with E-state index in [1.807, 2.05) is 31.6 Å². The van der Waals surface area contributed by atoms with Gasteiger partial charge in [-0.15, -0.1) is 0 Å². The number of aliphatic imine (C=N–C) groups is 1. The van der Waals surface area contributed by atoms with Crippen molar-refractivity contribution >= 4 is 11.9 Å². The summed E-state index contributed by atoms with van der Waals surface area (Å²) in [6.45, 7) is 6.59. The van der Waals surface area contributed by atoms with Gasteiger partial charge in [0.05, 0.1) is 6.20 Å². The third-order valence-electron chi connectivity index (χ3n) is 2.87. The van der Waals surface area contributed by atoms with Gasteiger partial charge in [-0.25, -0.2) is 4.79 Å². The molecule has 0 bridgehead atoms. The van der Waals surface area contributed by atoms with Crippen LogP contribution in [0.15, 0.2) is 17.4 Å². The average Bonchev–Trinajstić information content (AvgIpc) is 2.82. The molecule has 92 valence electrons. The Hall–Kier alpha value is -1.85. The summed E-state index contributed by atoms with van der Waals surface area (Å²) in [6.07, 6.45) is 3.66. The Bertz CT molecular complexity index is 462. The van der Waals surface area contributed by atoms with Crippen LogP contribution in [0.1, 0.15) is 38.4 Å². The number of nitrogens with two attached hydrogens (primary N) is 1. The first-order valence-corrected chi connectivity index (χ1v) is 5.73. The number of likely N-dealkylation sites (N-methyl/N-ethyl adjacent to an activating group) is 1. The van der Waals surface area contributed by atoms with Gasteiger partial charge in [-0.2, -0.15) is 10.1 Å². The molecule has 1 aromatic rings. The van der Waals surface area contributed by atoms with E-state index in [0.29, 0.717) is 12.4 Å². The fraction of sp³-hybridized carbons (Fsp3) is 0.545. The van der Waals surface area contributed by atoms with Crippen molar-refractivity contribution in [2.24, 2.45) is 10.7 Å². The first kappa shape index (κ1) is 11.6. The molecule has 17 heavy (non-hydrogen) atoms. The summed E-state index contributed by atoms with van der Waals surface area (Å²) in [7, 11) is 0. The van der Waals surface area contributed by atoms with Gasteiger partial charge in [0, 0.05) is 24.3 Å². The Morgan fingerprint density at radius 2 is 2.24 bits per heavy atom. The van der Waals surface area contributed by atoms with Crippen LogP contribution in [0.4, 0.5) is 4.79 Å². The number of carbonyl (C=O) groups excluding carboxylic acids is 1. The fourth-order valence-electron chi connectivity index (χ4n) is 1.95. The molecule has 1 aromatic heterocycles. The number of hydrogen-bond donors (Lipinski definition) is 1. The molecule has 2 amide bonds. The quantitative estimate of drug-likeness (QED) is 0.858. The predicted molar refractivity (Wildman–Crippen MR) is 64.8 cm³/mol. The molecule has 0 aromatic carbocycles. The number of hydrogen-bond acceptors (Lipinski definition) is 3. The Labute approximate surface area is 100 Å². The lowest BCUT2D eigenvalue weighted by Gasteiger charge is -2.21. The lowest BCUT2D eigenvalue weighted by Crippen LogP contribution is -2.32. The number of carbonyl (C=O) groups is 1. The maximum absolute atomic E-state index is 11.6. The first-order valence-electron chi connectivity index (χ1n) is 5.73. The van der Waals surface area contributed by atoms with Gasteiger partial charge in [0.2, 0.25) is 0 Å². The lowest BCUT2D eigenvalue weighted by atomic mass is 10.1. The Balaban J connectivity index is 2.32. The van der Waals surface area contributed by atoms with Gasteiger partial charge in [-0.1, -0.05) is 0 Å². The Morgan fingerprint density at radius 1 is 1.53 bits per heavy atom. The zero-order valence-electron chi connectivity index (χ0n) is 10.3. The molecule has 1 atom stereocenters. The fourth-order valence-corrected chi connectivity index (χ4v) is 1.95. The molecule has 0 aliphatic carbocycles. The van der Waals surface area contributed by atoms with Gasteiger partial charge in [-0.3, -0.25) is 4.68 Å². The van der Waals surface area contributed by atoms with E-state index in [1.54, 1.807) is 11.1 Å². The maximum atomic E-state index is 11.6. The average molecular weight is 235 g/mol. The van der Waals surface area contributed by atoms with Crippen LogP contribution in [0.5, 0.6) is 0 Å². The molecule has 0 saturated heterocycles. The van der Waals surface area contributed by atoms with E-state index in [9.17, 15) is 4.79 Å². The van der Waals surface area contributed by atoms with Crippen LogP contribution < -0.4 is 5.73 Å². The minimum atomic E-state index is -0.271. The minimum absolute atomic E-state index is 0.264. The standard InChI is InChI=1S/C11H17N5O/c1-4-15-9(10(12)14-11(15)17)8-5-13-16(6-8)7(2)3/h5-7,9H,4H2,1-3H3,(H2,12,14,17). The van der Waals surface area contributed by atoms with Crippen molar-refractivity contribution in [2.45, 2.75) is 32.9 Å². The SMILES string of the molecule is CCN1C(=O)N=C(N)C1c1cnn(C(C)C)c1. The molecule has 6 nitrogen and oxygen atoms in total. The van der Waals surface area contributed by atoms with Crippen molar-refractivity contribution < 1.29 is 4.79 Å². The number of urea groups is 1. The van der Waals surface area contributed by atoms with Crippen LogP contribution >= 0.6 is 0 Å². The van der Waals surface area contributed by atoms with Crippen molar-refractivity contribution in [3.05, 3.63) is 18.0 Å². The predicted octanol–water partition coefficient (Wildman–Crippen LogP) is 1.32. The van der Waals surface area contributed by atoms with Crippen LogP contribution in [-0.2, 0) is 0 Å². The zero-order valence-corrected chi connectivity index (χ0v) is 10.3. The van der Waals surface area contributed by atoms with Crippen LogP contribution in [-0.4, -0.2) is 33.1 Å². The highest BCUT2D eigenvalue weighted by molar-refractivity contribution is 6.03. The van der Waals surface area contributed by atoms with Gasteiger partial charge < -0.3 is 10.6 Å². The van der Waals surface area contributed by atoms with Gasteiger partial charge >= 0.3 is 6.03 Å². The zero-order chi connectivity index (χ0) is 12.6. The van der Waals surface area contributed by atoms with Gasteiger partial charge in [0.25, 0.3) is 0 Å². The minimum Gasteiger partial charge on any atom is -0.385 e. The summed E-state index contributed by atoms with van der Waals surface area (Å²) in [4.78, 5) is 17.0. The summed E-state index contributed by atoms with van der Waals surface area (Å²) < 4.78 is 1.85. The third-order valence-corrected chi connectivity index (χ3v) is 2.87. The second-order valence-electron chi connectivity index (χ2n) is 4.36. The molecule has 1 aliphatic rings. The second kappa shape index (κ2) is 4.20. The molecule has 2 heterocycles. The van der Waals surface area contributed by atoms with E-state index in [1.165, 1.54) is 0 Å². The number of rotatable bonds is 3. The lowest BCUT2D eigenvalue weighted by molar-refractivity contribution is 0.210. The summed E-state index contributed by atoms with van der Waals surface area (Å²) in [5, 5.41) is 4.26. The van der Waals surface area contributed by atoms with Crippen molar-refractivity contribution in [3.63, 3.8) is 0 Å². The van der Waals surface area contributed by atoms with Crippen LogP contribution in [0, 0.1) is 0 Å². The molecule has 1 unspecified atom stereocenters. The Morgan fingerprint density at radius 3 is 2.76 bits per heavy atom. The topological polar surface area (TPSA) is 76.5 Å². The molecule has 2 rings (SSSR count).